The molecule has 10 heteroatoms. The molecular weight excluding hydrogens is 351 g/mol. The highest BCUT2D eigenvalue weighted by Crippen LogP contribution is 2.34. The Hall–Kier alpha value is -3.30. The van der Waals surface area contributed by atoms with Gasteiger partial charge in [0.2, 0.25) is 0 Å². The maximum Gasteiger partial charge on any atom is 0.418 e. The van der Waals surface area contributed by atoms with E-state index in [0.29, 0.717) is 5.65 Å². The zero-order valence-corrected chi connectivity index (χ0v) is 13.3. The van der Waals surface area contributed by atoms with Gasteiger partial charge in [0.15, 0.2) is 5.65 Å². The van der Waals surface area contributed by atoms with Gasteiger partial charge in [0.1, 0.15) is 0 Å². The molecule has 0 bridgehead atoms. The van der Waals surface area contributed by atoms with Crippen LogP contribution in [0.15, 0.2) is 53.5 Å². The van der Waals surface area contributed by atoms with Crippen molar-refractivity contribution >= 4 is 17.4 Å². The molecule has 2 aromatic heterocycles. The standard InChI is InChI=1S/C16H14F3N5O2/c17-16(18,19)11-5-1-2-6-12(11)21-14(25)20-8-10-24-15(26)23-9-4-3-7-13(23)22-24/h1-7,9H,8,10H2,(H2,20,21,25). The number of alkyl halides is 3. The first-order chi connectivity index (χ1) is 12.4. The van der Waals surface area contributed by atoms with Gasteiger partial charge in [-0.15, -0.1) is 5.10 Å². The van der Waals surface area contributed by atoms with Crippen LogP contribution in [-0.2, 0) is 12.7 Å². The molecule has 0 aliphatic carbocycles. The Morgan fingerprint density at radius 2 is 1.85 bits per heavy atom. The minimum Gasteiger partial charge on any atom is -0.336 e. The third-order valence-electron chi connectivity index (χ3n) is 3.58. The number of aromatic nitrogens is 3. The average molecular weight is 365 g/mol. The van der Waals surface area contributed by atoms with Crippen LogP contribution in [0.2, 0.25) is 0 Å². The van der Waals surface area contributed by atoms with Crippen LogP contribution >= 0.6 is 0 Å². The van der Waals surface area contributed by atoms with E-state index in [2.05, 4.69) is 15.7 Å². The molecule has 0 fully saturated rings. The summed E-state index contributed by atoms with van der Waals surface area (Å²) >= 11 is 0. The van der Waals surface area contributed by atoms with E-state index >= 15 is 0 Å². The van der Waals surface area contributed by atoms with E-state index in [1.807, 2.05) is 0 Å². The second kappa shape index (κ2) is 6.90. The quantitative estimate of drug-likeness (QED) is 0.745. The zero-order chi connectivity index (χ0) is 18.7. The summed E-state index contributed by atoms with van der Waals surface area (Å²) < 4.78 is 41.2. The molecular formula is C16H14F3N5O2. The molecule has 0 aliphatic heterocycles. The first kappa shape index (κ1) is 17.5. The summed E-state index contributed by atoms with van der Waals surface area (Å²) in [6.07, 6.45) is -3.01. The fourth-order valence-electron chi connectivity index (χ4n) is 2.39. The summed E-state index contributed by atoms with van der Waals surface area (Å²) in [6.45, 7) is 0.0959. The minimum absolute atomic E-state index is 0.0177. The van der Waals surface area contributed by atoms with Crippen molar-refractivity contribution < 1.29 is 18.0 Å². The number of halogens is 3. The summed E-state index contributed by atoms with van der Waals surface area (Å²) in [4.78, 5) is 23.9. The number of anilines is 1. The van der Waals surface area contributed by atoms with Crippen molar-refractivity contribution in [3.63, 3.8) is 0 Å². The number of nitrogens with zero attached hydrogens (tertiary/aromatic N) is 3. The summed E-state index contributed by atoms with van der Waals surface area (Å²) in [5, 5.41) is 8.65. The number of nitrogens with one attached hydrogen (secondary N) is 2. The molecule has 2 amide bonds. The summed E-state index contributed by atoms with van der Waals surface area (Å²) in [5.74, 6) is 0. The second-order valence-corrected chi connectivity index (χ2v) is 5.36. The van der Waals surface area contributed by atoms with E-state index in [-0.39, 0.29) is 24.5 Å². The van der Waals surface area contributed by atoms with Gasteiger partial charge in [-0.25, -0.2) is 14.3 Å². The number of para-hydroxylation sites is 1. The Labute approximate surface area is 145 Å². The zero-order valence-electron chi connectivity index (χ0n) is 13.3. The molecule has 26 heavy (non-hydrogen) atoms. The van der Waals surface area contributed by atoms with E-state index in [1.54, 1.807) is 24.4 Å². The number of carbonyl (C=O) groups is 1. The molecule has 1 aromatic carbocycles. The molecule has 0 saturated heterocycles. The van der Waals surface area contributed by atoms with E-state index in [1.165, 1.54) is 21.2 Å². The molecule has 0 spiro atoms. The number of fused-ring (bicyclic) bond motifs is 1. The third kappa shape index (κ3) is 3.68. The predicted octanol–water partition coefficient (Wildman–Crippen LogP) is 2.34. The molecule has 0 aliphatic rings. The molecule has 136 valence electrons. The van der Waals surface area contributed by atoms with Crippen molar-refractivity contribution in [3.05, 3.63) is 64.7 Å². The molecule has 3 aromatic rings. The van der Waals surface area contributed by atoms with E-state index in [9.17, 15) is 22.8 Å². The number of pyridine rings is 1. The van der Waals surface area contributed by atoms with Gasteiger partial charge in [0.05, 0.1) is 17.8 Å². The predicted molar refractivity (Wildman–Crippen MR) is 87.9 cm³/mol. The molecule has 0 unspecified atom stereocenters. The number of hydrogen-bond acceptors (Lipinski definition) is 3. The lowest BCUT2D eigenvalue weighted by atomic mass is 10.1. The number of urea groups is 1. The van der Waals surface area contributed by atoms with E-state index in [0.717, 1.165) is 12.1 Å². The number of benzene rings is 1. The van der Waals surface area contributed by atoms with Gasteiger partial charge in [-0.3, -0.25) is 4.40 Å². The van der Waals surface area contributed by atoms with Gasteiger partial charge < -0.3 is 10.6 Å². The van der Waals surface area contributed by atoms with Gasteiger partial charge in [0.25, 0.3) is 0 Å². The SMILES string of the molecule is O=C(NCCn1nc2ccccn2c1=O)Nc1ccccc1C(F)(F)F. The number of hydrogen-bond donors (Lipinski definition) is 2. The highest BCUT2D eigenvalue weighted by atomic mass is 19.4. The lowest BCUT2D eigenvalue weighted by Gasteiger charge is -2.13. The Morgan fingerprint density at radius 1 is 1.12 bits per heavy atom. The van der Waals surface area contributed by atoms with Crippen LogP contribution in [0.3, 0.4) is 0 Å². The van der Waals surface area contributed by atoms with Gasteiger partial charge >= 0.3 is 17.9 Å². The Morgan fingerprint density at radius 3 is 2.58 bits per heavy atom. The van der Waals surface area contributed by atoms with Crippen molar-refractivity contribution in [1.29, 1.82) is 0 Å². The van der Waals surface area contributed by atoms with Crippen molar-refractivity contribution in [2.24, 2.45) is 0 Å². The molecule has 0 radical (unpaired) electrons. The topological polar surface area (TPSA) is 80.4 Å². The van der Waals surface area contributed by atoms with Crippen LogP contribution in [0.5, 0.6) is 0 Å². The largest absolute Gasteiger partial charge is 0.418 e. The number of amides is 2. The summed E-state index contributed by atoms with van der Waals surface area (Å²) in [7, 11) is 0. The van der Waals surface area contributed by atoms with Crippen LogP contribution in [0.4, 0.5) is 23.7 Å². The monoisotopic (exact) mass is 365 g/mol. The van der Waals surface area contributed by atoms with Crippen LogP contribution in [0, 0.1) is 0 Å². The Bertz CT molecular complexity index is 993. The van der Waals surface area contributed by atoms with Crippen molar-refractivity contribution in [2.45, 2.75) is 12.7 Å². The summed E-state index contributed by atoms with van der Waals surface area (Å²) in [6, 6.07) is 8.94. The Kier molecular flexibility index (Phi) is 4.65. The van der Waals surface area contributed by atoms with Crippen molar-refractivity contribution in [3.8, 4) is 0 Å². The van der Waals surface area contributed by atoms with Gasteiger partial charge in [-0.1, -0.05) is 18.2 Å². The summed E-state index contributed by atoms with van der Waals surface area (Å²) in [5.41, 5.74) is -1.19. The van der Waals surface area contributed by atoms with E-state index < -0.39 is 17.8 Å². The molecule has 0 saturated carbocycles. The molecule has 2 N–H and O–H groups in total. The van der Waals surface area contributed by atoms with Gasteiger partial charge in [-0.2, -0.15) is 13.2 Å². The average Bonchev–Trinajstić information content (AvgIpc) is 2.91. The first-order valence-electron chi connectivity index (χ1n) is 7.61. The molecule has 0 atom stereocenters. The normalized spacial score (nSPS) is 11.5. The van der Waals surface area contributed by atoms with Crippen LogP contribution in [0.1, 0.15) is 5.56 Å². The number of carbonyl (C=O) groups excluding carboxylic acids is 1. The third-order valence-corrected chi connectivity index (χ3v) is 3.58. The Balaban J connectivity index is 1.61. The molecule has 2 heterocycles. The van der Waals surface area contributed by atoms with Crippen LogP contribution in [0.25, 0.3) is 5.65 Å². The van der Waals surface area contributed by atoms with Crippen molar-refractivity contribution in [2.75, 3.05) is 11.9 Å². The number of rotatable bonds is 4. The molecule has 7 nitrogen and oxygen atoms in total. The maximum absolute atomic E-state index is 12.9. The van der Waals surface area contributed by atoms with Gasteiger partial charge in [0, 0.05) is 12.7 Å². The van der Waals surface area contributed by atoms with Gasteiger partial charge in [-0.05, 0) is 24.3 Å². The first-order valence-corrected chi connectivity index (χ1v) is 7.61. The highest BCUT2D eigenvalue weighted by Gasteiger charge is 2.33. The van der Waals surface area contributed by atoms with Crippen LogP contribution in [-0.4, -0.2) is 26.8 Å². The smallest absolute Gasteiger partial charge is 0.336 e. The maximum atomic E-state index is 12.9. The van der Waals surface area contributed by atoms with Crippen molar-refractivity contribution in [1.82, 2.24) is 19.5 Å². The highest BCUT2D eigenvalue weighted by molar-refractivity contribution is 5.90. The van der Waals surface area contributed by atoms with Crippen LogP contribution < -0.4 is 16.3 Å². The van der Waals surface area contributed by atoms with E-state index in [4.69, 9.17) is 0 Å². The fourth-order valence-corrected chi connectivity index (χ4v) is 2.39. The minimum atomic E-state index is -4.58. The molecule has 3 rings (SSSR count). The fraction of sp³-hybridized carbons (Fsp3) is 0.188. The lowest BCUT2D eigenvalue weighted by Crippen LogP contribution is -2.34. The lowest BCUT2D eigenvalue weighted by molar-refractivity contribution is -0.136. The second-order valence-electron chi connectivity index (χ2n) is 5.36.